The van der Waals surface area contributed by atoms with Crippen molar-refractivity contribution in [2.45, 2.75) is 13.5 Å². The van der Waals surface area contributed by atoms with Crippen molar-refractivity contribution in [3.05, 3.63) is 41.3 Å². The van der Waals surface area contributed by atoms with Crippen LogP contribution in [0.4, 0.5) is 5.82 Å². The van der Waals surface area contributed by atoms with Crippen LogP contribution >= 0.6 is 0 Å². The summed E-state index contributed by atoms with van der Waals surface area (Å²) >= 11 is 0. The number of nitrogens with zero attached hydrogens (tertiary/aromatic N) is 3. The number of pyridine rings is 1. The van der Waals surface area contributed by atoms with E-state index in [4.69, 9.17) is 5.84 Å². The van der Waals surface area contributed by atoms with Crippen molar-refractivity contribution < 1.29 is 4.79 Å². The van der Waals surface area contributed by atoms with Gasteiger partial charge in [0.1, 0.15) is 5.82 Å². The Morgan fingerprint density at radius 2 is 2.32 bits per heavy atom. The highest BCUT2D eigenvalue weighted by Crippen LogP contribution is 2.07. The molecule has 2 rings (SSSR count). The first-order valence-electron chi connectivity index (χ1n) is 5.80. The fourth-order valence-corrected chi connectivity index (χ4v) is 1.75. The summed E-state index contributed by atoms with van der Waals surface area (Å²) in [5, 5.41) is 7.05. The van der Waals surface area contributed by atoms with Gasteiger partial charge in [-0.05, 0) is 19.1 Å². The molecule has 0 fully saturated rings. The molecule has 4 N–H and O–H groups in total. The van der Waals surface area contributed by atoms with Crippen molar-refractivity contribution in [2.75, 3.05) is 5.43 Å². The molecule has 2 heterocycles. The Kier molecular flexibility index (Phi) is 3.76. The second kappa shape index (κ2) is 5.49. The van der Waals surface area contributed by atoms with Crippen molar-refractivity contribution in [1.82, 2.24) is 20.1 Å². The minimum absolute atomic E-state index is 0.179. The van der Waals surface area contributed by atoms with Crippen LogP contribution in [0.1, 0.15) is 21.6 Å². The lowest BCUT2D eigenvalue weighted by Crippen LogP contribution is -2.23. The van der Waals surface area contributed by atoms with Gasteiger partial charge in [0, 0.05) is 37.1 Å². The van der Waals surface area contributed by atoms with Crippen LogP contribution in [-0.4, -0.2) is 20.7 Å². The molecule has 7 heteroatoms. The molecular weight excluding hydrogens is 244 g/mol. The lowest BCUT2D eigenvalue weighted by atomic mass is 10.2. The Balaban J connectivity index is 2.03. The molecular formula is C12H16N6O. The van der Waals surface area contributed by atoms with E-state index in [0.29, 0.717) is 17.9 Å². The first-order valence-corrected chi connectivity index (χ1v) is 5.80. The minimum Gasteiger partial charge on any atom is -0.348 e. The van der Waals surface area contributed by atoms with Crippen molar-refractivity contribution >= 4 is 11.7 Å². The van der Waals surface area contributed by atoms with E-state index in [1.165, 1.54) is 6.20 Å². The van der Waals surface area contributed by atoms with Gasteiger partial charge in [0.15, 0.2) is 0 Å². The van der Waals surface area contributed by atoms with E-state index in [1.54, 1.807) is 16.8 Å². The molecule has 100 valence electrons. The van der Waals surface area contributed by atoms with Crippen LogP contribution in [0.25, 0.3) is 0 Å². The average molecular weight is 260 g/mol. The third-order valence-corrected chi connectivity index (χ3v) is 2.72. The summed E-state index contributed by atoms with van der Waals surface area (Å²) in [6, 6.07) is 3.22. The quantitative estimate of drug-likeness (QED) is 0.544. The molecule has 0 unspecified atom stereocenters. The summed E-state index contributed by atoms with van der Waals surface area (Å²) in [7, 11) is 1.85. The number of hydrogen-bond acceptors (Lipinski definition) is 5. The predicted octanol–water partition coefficient (Wildman–Crippen LogP) is 0.339. The van der Waals surface area contributed by atoms with Gasteiger partial charge in [-0.25, -0.2) is 10.8 Å². The number of nitrogens with two attached hydrogens (primary N) is 1. The number of anilines is 1. The van der Waals surface area contributed by atoms with E-state index < -0.39 is 0 Å². The zero-order valence-corrected chi connectivity index (χ0v) is 10.8. The first-order chi connectivity index (χ1) is 9.10. The number of carbonyl (C=O) groups is 1. The van der Waals surface area contributed by atoms with E-state index in [-0.39, 0.29) is 5.91 Å². The van der Waals surface area contributed by atoms with Crippen molar-refractivity contribution in [3.63, 3.8) is 0 Å². The molecule has 19 heavy (non-hydrogen) atoms. The molecule has 0 aromatic carbocycles. The highest BCUT2D eigenvalue weighted by molar-refractivity contribution is 5.94. The smallest absolute Gasteiger partial charge is 0.251 e. The Bertz CT molecular complexity index is 592. The van der Waals surface area contributed by atoms with Gasteiger partial charge < -0.3 is 10.7 Å². The monoisotopic (exact) mass is 260 g/mol. The van der Waals surface area contributed by atoms with Crippen LogP contribution in [0.15, 0.2) is 24.5 Å². The van der Waals surface area contributed by atoms with Gasteiger partial charge >= 0.3 is 0 Å². The summed E-state index contributed by atoms with van der Waals surface area (Å²) in [5.41, 5.74) is 4.80. The summed E-state index contributed by atoms with van der Waals surface area (Å²) in [6.45, 7) is 2.34. The summed E-state index contributed by atoms with van der Waals surface area (Å²) < 4.78 is 1.72. The largest absolute Gasteiger partial charge is 0.348 e. The fraction of sp³-hybridized carbons (Fsp3) is 0.250. The number of hydrazine groups is 1. The first kappa shape index (κ1) is 13.0. The number of nitrogens with one attached hydrogen (secondary N) is 2. The molecule has 0 saturated heterocycles. The summed E-state index contributed by atoms with van der Waals surface area (Å²) in [5.74, 6) is 5.52. The van der Waals surface area contributed by atoms with Crippen LogP contribution in [0.5, 0.6) is 0 Å². The normalized spacial score (nSPS) is 10.3. The number of nitrogen functional groups attached to an aromatic ring is 1. The van der Waals surface area contributed by atoms with Gasteiger partial charge in [0.25, 0.3) is 5.91 Å². The molecule has 1 amide bonds. The van der Waals surface area contributed by atoms with Crippen LogP contribution in [-0.2, 0) is 13.6 Å². The van der Waals surface area contributed by atoms with E-state index >= 15 is 0 Å². The molecule has 2 aromatic rings. The molecule has 0 radical (unpaired) electrons. The van der Waals surface area contributed by atoms with Gasteiger partial charge in [0.2, 0.25) is 0 Å². The van der Waals surface area contributed by atoms with E-state index in [1.807, 2.05) is 20.2 Å². The van der Waals surface area contributed by atoms with Crippen LogP contribution in [0.3, 0.4) is 0 Å². The fourth-order valence-electron chi connectivity index (χ4n) is 1.75. The van der Waals surface area contributed by atoms with E-state index in [9.17, 15) is 4.79 Å². The molecule has 0 aliphatic carbocycles. The maximum Gasteiger partial charge on any atom is 0.251 e. The maximum atomic E-state index is 12.0. The van der Waals surface area contributed by atoms with Gasteiger partial charge in [-0.1, -0.05) is 0 Å². The van der Waals surface area contributed by atoms with Gasteiger partial charge in [-0.15, -0.1) is 0 Å². The van der Waals surface area contributed by atoms with Gasteiger partial charge in [-0.2, -0.15) is 5.10 Å². The number of rotatable bonds is 4. The van der Waals surface area contributed by atoms with Crippen molar-refractivity contribution in [2.24, 2.45) is 12.9 Å². The maximum absolute atomic E-state index is 12.0. The molecule has 0 aliphatic heterocycles. The standard InChI is InChI=1S/C12H16N6O/c1-8-10(7-18(2)17-8)6-15-12(19)9-3-4-14-11(5-9)16-13/h3-5,7H,6,13H2,1-2H3,(H,14,16)(H,15,19). The van der Waals surface area contributed by atoms with Crippen LogP contribution in [0.2, 0.25) is 0 Å². The zero-order valence-electron chi connectivity index (χ0n) is 10.8. The lowest BCUT2D eigenvalue weighted by Gasteiger charge is -2.05. The average Bonchev–Trinajstić information content (AvgIpc) is 2.74. The van der Waals surface area contributed by atoms with Crippen LogP contribution in [0, 0.1) is 6.92 Å². The third kappa shape index (κ3) is 3.08. The SMILES string of the molecule is Cc1nn(C)cc1CNC(=O)c1ccnc(NN)c1. The molecule has 7 nitrogen and oxygen atoms in total. The molecule has 0 atom stereocenters. The number of carbonyl (C=O) groups excluding carboxylic acids is 1. The number of aryl methyl sites for hydroxylation is 2. The molecule has 2 aromatic heterocycles. The topological polar surface area (TPSA) is 97.9 Å². The highest BCUT2D eigenvalue weighted by Gasteiger charge is 2.08. The summed E-state index contributed by atoms with van der Waals surface area (Å²) in [6.07, 6.45) is 3.41. The zero-order chi connectivity index (χ0) is 13.8. The van der Waals surface area contributed by atoms with Crippen LogP contribution < -0.4 is 16.6 Å². The Morgan fingerprint density at radius 3 is 2.95 bits per heavy atom. The van der Waals surface area contributed by atoms with Crippen molar-refractivity contribution in [3.8, 4) is 0 Å². The van der Waals surface area contributed by atoms with Gasteiger partial charge in [0.05, 0.1) is 5.69 Å². The summed E-state index contributed by atoms with van der Waals surface area (Å²) in [4.78, 5) is 15.9. The molecule has 0 aliphatic rings. The second-order valence-corrected chi connectivity index (χ2v) is 4.17. The number of hydrogen-bond donors (Lipinski definition) is 3. The molecule has 0 saturated carbocycles. The van der Waals surface area contributed by atoms with Gasteiger partial charge in [-0.3, -0.25) is 9.48 Å². The van der Waals surface area contributed by atoms with E-state index in [2.05, 4.69) is 20.8 Å². The molecule has 0 bridgehead atoms. The minimum atomic E-state index is -0.179. The second-order valence-electron chi connectivity index (χ2n) is 4.17. The Labute approximate surface area is 110 Å². The Hall–Kier alpha value is -2.41. The Morgan fingerprint density at radius 1 is 1.53 bits per heavy atom. The van der Waals surface area contributed by atoms with Crippen molar-refractivity contribution in [1.29, 1.82) is 0 Å². The highest BCUT2D eigenvalue weighted by atomic mass is 16.1. The van der Waals surface area contributed by atoms with E-state index in [0.717, 1.165) is 11.3 Å². The number of amides is 1. The lowest BCUT2D eigenvalue weighted by molar-refractivity contribution is 0.0951. The third-order valence-electron chi connectivity index (χ3n) is 2.72. The number of aromatic nitrogens is 3. The molecule has 0 spiro atoms. The predicted molar refractivity (Wildman–Crippen MR) is 71.2 cm³/mol.